The molecule has 2 aromatic carbocycles. The topological polar surface area (TPSA) is 58.4 Å². The Bertz CT molecular complexity index is 860. The van der Waals surface area contributed by atoms with Crippen LogP contribution in [0.4, 0.5) is 14.9 Å². The van der Waals surface area contributed by atoms with Crippen molar-refractivity contribution in [3.63, 3.8) is 0 Å². The third kappa shape index (κ3) is 2.82. The number of carbonyl (C=O) groups excluding carboxylic acids is 1. The van der Waals surface area contributed by atoms with Crippen molar-refractivity contribution >= 4 is 22.8 Å². The molecule has 24 heavy (non-hydrogen) atoms. The summed E-state index contributed by atoms with van der Waals surface area (Å²) in [5, 5.41) is 2.72. The number of likely N-dealkylation sites (tertiary alicyclic amines) is 1. The quantitative estimate of drug-likeness (QED) is 0.775. The van der Waals surface area contributed by atoms with Gasteiger partial charge in [-0.2, -0.15) is 0 Å². The molecule has 0 saturated carbocycles. The first-order valence-electron chi connectivity index (χ1n) is 7.86. The minimum atomic E-state index is -0.376. The fourth-order valence-electron chi connectivity index (χ4n) is 2.98. The monoisotopic (exact) mass is 325 g/mol. The Labute approximate surface area is 138 Å². The van der Waals surface area contributed by atoms with Crippen molar-refractivity contribution in [2.24, 2.45) is 0 Å². The van der Waals surface area contributed by atoms with Crippen LogP contribution in [0.3, 0.4) is 0 Å². The van der Waals surface area contributed by atoms with Gasteiger partial charge >= 0.3 is 6.03 Å². The Morgan fingerprint density at radius 3 is 2.96 bits per heavy atom. The summed E-state index contributed by atoms with van der Waals surface area (Å²) in [5.41, 5.74) is 2.04. The number of benzene rings is 2. The second kappa shape index (κ2) is 5.96. The summed E-state index contributed by atoms with van der Waals surface area (Å²) in [6, 6.07) is 13.2. The molecule has 5 nitrogen and oxygen atoms in total. The van der Waals surface area contributed by atoms with Crippen molar-refractivity contribution < 1.29 is 13.6 Å². The number of hydrogen-bond donors (Lipinski definition) is 1. The second-order valence-electron chi connectivity index (χ2n) is 5.89. The van der Waals surface area contributed by atoms with E-state index in [0.29, 0.717) is 24.7 Å². The Hall–Kier alpha value is -2.89. The molecule has 2 heterocycles. The van der Waals surface area contributed by atoms with E-state index in [0.717, 1.165) is 17.5 Å². The summed E-state index contributed by atoms with van der Waals surface area (Å²) in [6.45, 7) is 1.15. The van der Waals surface area contributed by atoms with Gasteiger partial charge in [0.05, 0.1) is 5.92 Å². The third-order valence-corrected chi connectivity index (χ3v) is 4.21. The molecule has 1 aliphatic rings. The molecule has 1 aliphatic heterocycles. The van der Waals surface area contributed by atoms with Crippen LogP contribution in [0.2, 0.25) is 0 Å². The summed E-state index contributed by atoms with van der Waals surface area (Å²) >= 11 is 0. The van der Waals surface area contributed by atoms with Gasteiger partial charge in [-0.3, -0.25) is 0 Å². The highest BCUT2D eigenvalue weighted by Crippen LogP contribution is 2.29. The molecule has 1 saturated heterocycles. The van der Waals surface area contributed by atoms with Crippen LogP contribution >= 0.6 is 0 Å². The van der Waals surface area contributed by atoms with Crippen LogP contribution in [0.15, 0.2) is 52.9 Å². The van der Waals surface area contributed by atoms with Crippen molar-refractivity contribution in [2.45, 2.75) is 12.3 Å². The molecule has 3 aromatic rings. The highest BCUT2D eigenvalue weighted by molar-refractivity contribution is 5.89. The fourth-order valence-corrected chi connectivity index (χ4v) is 2.98. The lowest BCUT2D eigenvalue weighted by Crippen LogP contribution is -2.32. The predicted molar refractivity (Wildman–Crippen MR) is 88.4 cm³/mol. The van der Waals surface area contributed by atoms with Crippen LogP contribution in [0, 0.1) is 5.82 Å². The standard InChI is InChI=1S/C18H16FN3O2/c19-13-4-3-5-14(10-13)20-18(23)22-9-8-12(11-22)17-21-15-6-1-2-7-16(15)24-17/h1-7,10,12H,8-9,11H2,(H,20,23)/t12-/m1/s1. The van der Waals surface area contributed by atoms with Gasteiger partial charge in [-0.05, 0) is 36.8 Å². The van der Waals surface area contributed by atoms with Gasteiger partial charge in [0.2, 0.25) is 0 Å². The number of nitrogens with zero attached hydrogens (tertiary/aromatic N) is 2. The Morgan fingerprint density at radius 1 is 1.25 bits per heavy atom. The van der Waals surface area contributed by atoms with Crippen molar-refractivity contribution in [2.75, 3.05) is 18.4 Å². The van der Waals surface area contributed by atoms with Crippen LogP contribution < -0.4 is 5.32 Å². The molecule has 1 atom stereocenters. The fraction of sp³-hybridized carbons (Fsp3) is 0.222. The van der Waals surface area contributed by atoms with E-state index >= 15 is 0 Å². The number of rotatable bonds is 2. The lowest BCUT2D eigenvalue weighted by Gasteiger charge is -2.16. The van der Waals surface area contributed by atoms with E-state index in [2.05, 4.69) is 10.3 Å². The number of para-hydroxylation sites is 2. The van der Waals surface area contributed by atoms with Crippen LogP contribution in [-0.2, 0) is 0 Å². The molecule has 0 radical (unpaired) electrons. The maximum Gasteiger partial charge on any atom is 0.321 e. The maximum absolute atomic E-state index is 13.2. The summed E-state index contributed by atoms with van der Waals surface area (Å²) < 4.78 is 19.0. The summed E-state index contributed by atoms with van der Waals surface area (Å²) in [6.07, 6.45) is 0.795. The molecule has 0 aliphatic carbocycles. The molecule has 122 valence electrons. The van der Waals surface area contributed by atoms with E-state index in [1.165, 1.54) is 12.1 Å². The summed E-state index contributed by atoms with van der Waals surface area (Å²) in [7, 11) is 0. The zero-order valence-corrected chi connectivity index (χ0v) is 12.9. The number of carbonyl (C=O) groups is 1. The van der Waals surface area contributed by atoms with Crippen LogP contribution in [0.1, 0.15) is 18.2 Å². The van der Waals surface area contributed by atoms with Crippen molar-refractivity contribution in [1.29, 1.82) is 0 Å². The normalized spacial score (nSPS) is 17.4. The van der Waals surface area contributed by atoms with Crippen LogP contribution in [0.5, 0.6) is 0 Å². The third-order valence-electron chi connectivity index (χ3n) is 4.21. The second-order valence-corrected chi connectivity index (χ2v) is 5.89. The number of hydrogen-bond acceptors (Lipinski definition) is 3. The lowest BCUT2D eigenvalue weighted by molar-refractivity contribution is 0.221. The minimum Gasteiger partial charge on any atom is -0.440 e. The smallest absolute Gasteiger partial charge is 0.321 e. The number of aromatic nitrogens is 1. The van der Waals surface area contributed by atoms with Gasteiger partial charge < -0.3 is 14.6 Å². The molecule has 1 fully saturated rings. The Kier molecular flexibility index (Phi) is 3.65. The minimum absolute atomic E-state index is 0.0793. The van der Waals surface area contributed by atoms with Gasteiger partial charge in [-0.25, -0.2) is 14.2 Å². The van der Waals surface area contributed by atoms with E-state index in [4.69, 9.17) is 4.42 Å². The van der Waals surface area contributed by atoms with Crippen LogP contribution in [-0.4, -0.2) is 29.0 Å². The molecule has 0 bridgehead atoms. The van der Waals surface area contributed by atoms with Gasteiger partial charge in [-0.15, -0.1) is 0 Å². The molecule has 2 amide bonds. The molecule has 0 unspecified atom stereocenters. The van der Waals surface area contributed by atoms with Gasteiger partial charge in [0.15, 0.2) is 11.5 Å². The van der Waals surface area contributed by atoms with Gasteiger partial charge in [0.25, 0.3) is 0 Å². The largest absolute Gasteiger partial charge is 0.440 e. The van der Waals surface area contributed by atoms with Crippen molar-refractivity contribution in [3.8, 4) is 0 Å². The highest BCUT2D eigenvalue weighted by atomic mass is 19.1. The average Bonchev–Trinajstić information content (AvgIpc) is 3.21. The van der Waals surface area contributed by atoms with Crippen molar-refractivity contribution in [1.82, 2.24) is 9.88 Å². The number of oxazole rings is 1. The van der Waals surface area contributed by atoms with Gasteiger partial charge in [0, 0.05) is 18.8 Å². The van der Waals surface area contributed by atoms with E-state index in [1.54, 1.807) is 17.0 Å². The maximum atomic E-state index is 13.2. The molecule has 4 rings (SSSR count). The first-order valence-corrected chi connectivity index (χ1v) is 7.86. The van der Waals surface area contributed by atoms with Crippen molar-refractivity contribution in [3.05, 3.63) is 60.2 Å². The molecular formula is C18H16FN3O2. The average molecular weight is 325 g/mol. The summed E-state index contributed by atoms with van der Waals surface area (Å²) in [4.78, 5) is 18.5. The molecule has 0 spiro atoms. The zero-order valence-electron chi connectivity index (χ0n) is 12.9. The van der Waals surface area contributed by atoms with Gasteiger partial charge in [0.1, 0.15) is 11.3 Å². The molecule has 6 heteroatoms. The molecular weight excluding hydrogens is 309 g/mol. The van der Waals surface area contributed by atoms with E-state index in [-0.39, 0.29) is 17.8 Å². The van der Waals surface area contributed by atoms with E-state index in [1.807, 2.05) is 24.3 Å². The lowest BCUT2D eigenvalue weighted by atomic mass is 10.1. The first kappa shape index (κ1) is 14.7. The number of amides is 2. The van der Waals surface area contributed by atoms with Gasteiger partial charge in [-0.1, -0.05) is 18.2 Å². The number of anilines is 1. The number of halogens is 1. The zero-order chi connectivity index (χ0) is 16.5. The van der Waals surface area contributed by atoms with Crippen LogP contribution in [0.25, 0.3) is 11.1 Å². The molecule has 1 aromatic heterocycles. The Balaban J connectivity index is 1.44. The number of nitrogens with one attached hydrogen (secondary N) is 1. The molecule has 1 N–H and O–H groups in total. The van der Waals surface area contributed by atoms with E-state index < -0.39 is 0 Å². The van der Waals surface area contributed by atoms with E-state index in [9.17, 15) is 9.18 Å². The predicted octanol–water partition coefficient (Wildman–Crippen LogP) is 3.99. The first-order chi connectivity index (χ1) is 11.7. The highest BCUT2D eigenvalue weighted by Gasteiger charge is 2.30. The SMILES string of the molecule is O=C(Nc1cccc(F)c1)N1CC[C@@H](c2nc3ccccc3o2)C1. The number of urea groups is 1. The summed E-state index contributed by atoms with van der Waals surface area (Å²) in [5.74, 6) is 0.367. The Morgan fingerprint density at radius 2 is 2.12 bits per heavy atom. The number of fused-ring (bicyclic) bond motifs is 1.